The molecule has 0 aliphatic heterocycles. The molecule has 15 heteroatoms. The van der Waals surface area contributed by atoms with Crippen molar-refractivity contribution in [3.05, 3.63) is 24.0 Å². The summed E-state index contributed by atoms with van der Waals surface area (Å²) in [5.74, 6) is -13.6. The van der Waals surface area contributed by atoms with E-state index < -0.39 is 30.5 Å². The van der Waals surface area contributed by atoms with E-state index >= 15 is 0 Å². The van der Waals surface area contributed by atoms with Crippen molar-refractivity contribution in [3.8, 4) is 5.75 Å². The Balaban J connectivity index is 1.60. The summed E-state index contributed by atoms with van der Waals surface area (Å²) in [7, 11) is 1.50. The molecule has 2 heterocycles. The summed E-state index contributed by atoms with van der Waals surface area (Å²) in [6, 6.07) is 5.24. The van der Waals surface area contributed by atoms with Crippen LogP contribution in [-0.2, 0) is 4.79 Å². The lowest BCUT2D eigenvalue weighted by Crippen LogP contribution is -2.59. The molecule has 0 unspecified atom stereocenters. The molecule has 8 nitrogen and oxygen atoms in total. The van der Waals surface area contributed by atoms with Crippen LogP contribution in [0.2, 0.25) is 0 Å². The summed E-state index contributed by atoms with van der Waals surface area (Å²) < 4.78 is 95.8. The molecule has 1 aromatic carbocycles. The molecule has 0 atom stereocenters. The number of hydrogen-bond acceptors (Lipinski definition) is 6. The lowest BCUT2D eigenvalue weighted by molar-refractivity contribution is -0.344. The molecule has 0 radical (unpaired) electrons. The summed E-state index contributed by atoms with van der Waals surface area (Å²) in [5.41, 5.74) is 1.71. The highest BCUT2D eigenvalue weighted by Gasteiger charge is 2.76. The molecule has 3 rings (SSSR count). The van der Waals surface area contributed by atoms with Crippen molar-refractivity contribution in [1.29, 1.82) is 0 Å². The Morgan fingerprint density at radius 2 is 1.74 bits per heavy atom. The number of alkyl halides is 7. The molecule has 3 aromatic rings. The summed E-state index contributed by atoms with van der Waals surface area (Å²) in [6.45, 7) is 1.41. The van der Waals surface area contributed by atoms with Gasteiger partial charge in [0.2, 0.25) is 5.65 Å². The maximum absolute atomic E-state index is 13.3. The van der Waals surface area contributed by atoms with Crippen molar-refractivity contribution in [2.45, 2.75) is 37.8 Å². The topological polar surface area (TPSA) is 93.4 Å². The fraction of sp³-hybridized carbons (Fsp3) is 0.474. The number of aryl methyl sites for hydroxylation is 1. The first-order valence-electron chi connectivity index (χ1n) is 9.85. The molecular weight excluding hydrogens is 477 g/mol. The van der Waals surface area contributed by atoms with Crippen molar-refractivity contribution in [2.75, 3.05) is 25.5 Å². The van der Waals surface area contributed by atoms with Crippen molar-refractivity contribution in [3.63, 3.8) is 0 Å². The highest BCUT2D eigenvalue weighted by Crippen LogP contribution is 2.46. The van der Waals surface area contributed by atoms with Gasteiger partial charge >= 0.3 is 18.0 Å². The summed E-state index contributed by atoms with van der Waals surface area (Å²) in [4.78, 5) is 15.7. The Morgan fingerprint density at radius 3 is 2.38 bits per heavy atom. The second kappa shape index (κ2) is 9.10. The molecule has 0 fully saturated rings. The lowest BCUT2D eigenvalue weighted by atomic mass is 10.1. The maximum atomic E-state index is 13.3. The fourth-order valence-electron chi connectivity index (χ4n) is 3.09. The second-order valence-electron chi connectivity index (χ2n) is 7.26. The number of fused-ring (bicyclic) bond motifs is 3. The molecule has 34 heavy (non-hydrogen) atoms. The molecule has 2 aromatic heterocycles. The average molecular weight is 496 g/mol. The normalized spacial score (nSPS) is 12.9. The number of carbonyl (C=O) groups is 1. The molecule has 2 N–H and O–H groups in total. The molecule has 1 amide bonds. The van der Waals surface area contributed by atoms with Gasteiger partial charge in [0.05, 0.1) is 18.1 Å². The largest absolute Gasteiger partial charge is 0.497 e. The lowest BCUT2D eigenvalue weighted by Gasteiger charge is -2.27. The number of rotatable bonds is 9. The minimum absolute atomic E-state index is 0.00974. The predicted octanol–water partition coefficient (Wildman–Crippen LogP) is 3.74. The second-order valence-corrected chi connectivity index (χ2v) is 7.26. The van der Waals surface area contributed by atoms with Gasteiger partial charge in [0, 0.05) is 19.2 Å². The van der Waals surface area contributed by atoms with Gasteiger partial charge in [0.25, 0.3) is 5.91 Å². The van der Waals surface area contributed by atoms with Gasteiger partial charge in [-0.1, -0.05) is 0 Å². The van der Waals surface area contributed by atoms with E-state index in [4.69, 9.17) is 4.74 Å². The Hall–Kier alpha value is -3.39. The van der Waals surface area contributed by atoms with E-state index in [1.165, 1.54) is 12.4 Å². The van der Waals surface area contributed by atoms with E-state index in [0.717, 1.165) is 5.52 Å². The van der Waals surface area contributed by atoms with Crippen molar-refractivity contribution < 1.29 is 40.3 Å². The first kappa shape index (κ1) is 25.2. The SMILES string of the molecule is COc1ccc2c(c1)nc(NCCCCNC(=O)C(F)(F)C(F)(F)C(F)(F)F)c1nnc(C)n12. The number of hydrogen-bond donors (Lipinski definition) is 2. The fourth-order valence-corrected chi connectivity index (χ4v) is 3.09. The van der Waals surface area contributed by atoms with Crippen LogP contribution in [0.5, 0.6) is 5.75 Å². The third-order valence-electron chi connectivity index (χ3n) is 4.91. The van der Waals surface area contributed by atoms with Crippen LogP contribution in [0.3, 0.4) is 0 Å². The molecule has 0 saturated heterocycles. The number of ether oxygens (including phenoxy) is 1. The molecular formula is C19H19F7N6O2. The number of aromatic nitrogens is 4. The summed E-state index contributed by atoms with van der Waals surface area (Å²) in [5, 5.41) is 12.5. The molecule has 186 valence electrons. The van der Waals surface area contributed by atoms with Gasteiger partial charge in [-0.05, 0) is 31.9 Å². The van der Waals surface area contributed by atoms with E-state index in [-0.39, 0.29) is 19.4 Å². The van der Waals surface area contributed by atoms with Crippen LogP contribution in [-0.4, -0.2) is 63.7 Å². The number of nitrogens with one attached hydrogen (secondary N) is 2. The standard InChI is InChI=1S/C19H19F7N6O2/c1-10-30-31-15-14(29-12-9-11(34-2)5-6-13(12)32(10)15)27-7-3-4-8-28-16(33)17(20,21)18(22,23)19(24,25)26/h5-6,9H,3-4,7-8H2,1-2H3,(H,27,29)(H,28,33). The number of carbonyl (C=O) groups excluding carboxylic acids is 1. The number of amides is 1. The van der Waals surface area contributed by atoms with Crippen molar-refractivity contribution in [2.24, 2.45) is 0 Å². The van der Waals surface area contributed by atoms with Gasteiger partial charge in [-0.15, -0.1) is 10.2 Å². The minimum atomic E-state index is -6.57. The van der Waals surface area contributed by atoms with E-state index in [1.54, 1.807) is 29.5 Å². The molecule has 0 aliphatic rings. The third kappa shape index (κ3) is 4.50. The maximum Gasteiger partial charge on any atom is 0.460 e. The Morgan fingerprint density at radius 1 is 1.06 bits per heavy atom. The van der Waals surface area contributed by atoms with Crippen LogP contribution in [0, 0.1) is 6.92 Å². The van der Waals surface area contributed by atoms with Gasteiger partial charge < -0.3 is 15.4 Å². The van der Waals surface area contributed by atoms with Crippen LogP contribution in [0.25, 0.3) is 16.7 Å². The number of unbranched alkanes of at least 4 members (excludes halogenated alkanes) is 1. The van der Waals surface area contributed by atoms with Crippen LogP contribution in [0.4, 0.5) is 36.6 Å². The molecule has 0 saturated carbocycles. The Labute approximate surface area is 187 Å². The van der Waals surface area contributed by atoms with Crippen LogP contribution >= 0.6 is 0 Å². The van der Waals surface area contributed by atoms with Crippen LogP contribution in [0.15, 0.2) is 18.2 Å². The summed E-state index contributed by atoms with van der Waals surface area (Å²) in [6.07, 6.45) is -6.32. The van der Waals surface area contributed by atoms with Crippen molar-refractivity contribution in [1.82, 2.24) is 24.9 Å². The van der Waals surface area contributed by atoms with E-state index in [1.807, 2.05) is 0 Å². The van der Waals surface area contributed by atoms with Crippen molar-refractivity contribution >= 4 is 28.4 Å². The molecule has 0 spiro atoms. The zero-order valence-corrected chi connectivity index (χ0v) is 17.8. The first-order valence-corrected chi connectivity index (χ1v) is 9.85. The van der Waals surface area contributed by atoms with Gasteiger partial charge in [-0.25, -0.2) is 4.98 Å². The molecule has 0 bridgehead atoms. The molecule has 0 aliphatic carbocycles. The number of nitrogens with zero attached hydrogens (tertiary/aromatic N) is 4. The zero-order chi connectivity index (χ0) is 25.3. The van der Waals surface area contributed by atoms with E-state index in [0.29, 0.717) is 28.6 Å². The highest BCUT2D eigenvalue weighted by molar-refractivity contribution is 5.85. The van der Waals surface area contributed by atoms with Gasteiger partial charge in [0.1, 0.15) is 11.6 Å². The number of halogens is 7. The average Bonchev–Trinajstić information content (AvgIpc) is 3.16. The monoisotopic (exact) mass is 496 g/mol. The van der Waals surface area contributed by atoms with Crippen LogP contribution < -0.4 is 15.4 Å². The zero-order valence-electron chi connectivity index (χ0n) is 17.8. The smallest absolute Gasteiger partial charge is 0.460 e. The number of benzene rings is 1. The van der Waals surface area contributed by atoms with Gasteiger partial charge in [0.15, 0.2) is 5.82 Å². The number of methoxy groups -OCH3 is 1. The Kier molecular flexibility index (Phi) is 6.75. The van der Waals surface area contributed by atoms with E-state index in [2.05, 4.69) is 20.5 Å². The highest BCUT2D eigenvalue weighted by atomic mass is 19.4. The summed E-state index contributed by atoms with van der Waals surface area (Å²) >= 11 is 0. The third-order valence-corrected chi connectivity index (χ3v) is 4.91. The quantitative estimate of drug-likeness (QED) is 0.347. The van der Waals surface area contributed by atoms with Gasteiger partial charge in [-0.2, -0.15) is 30.7 Å². The predicted molar refractivity (Wildman–Crippen MR) is 106 cm³/mol. The number of anilines is 1. The first-order chi connectivity index (χ1) is 15.8. The minimum Gasteiger partial charge on any atom is -0.497 e. The Bertz CT molecular complexity index is 1200. The van der Waals surface area contributed by atoms with Gasteiger partial charge in [-0.3, -0.25) is 9.20 Å². The van der Waals surface area contributed by atoms with Crippen LogP contribution in [0.1, 0.15) is 18.7 Å². The van der Waals surface area contributed by atoms with E-state index in [9.17, 15) is 35.5 Å².